The lowest BCUT2D eigenvalue weighted by Gasteiger charge is -2.08. The summed E-state index contributed by atoms with van der Waals surface area (Å²) < 4.78 is 41.3. The van der Waals surface area contributed by atoms with E-state index in [-0.39, 0.29) is 0 Å². The Morgan fingerprint density at radius 3 is 2.28 bits per heavy atom. The van der Waals surface area contributed by atoms with E-state index in [0.717, 1.165) is 48.1 Å². The van der Waals surface area contributed by atoms with E-state index in [2.05, 4.69) is 25.1 Å². The second-order valence-electron chi connectivity index (χ2n) is 6.54. The lowest BCUT2D eigenvalue weighted by molar-refractivity contribution is 0.509. The fraction of sp³-hybridized carbons (Fsp3) is 0.182. The van der Waals surface area contributed by atoms with E-state index in [1.807, 2.05) is 0 Å². The summed E-state index contributed by atoms with van der Waals surface area (Å²) in [5.41, 5.74) is 6.11. The quantitative estimate of drug-likeness (QED) is 0.411. The Hall–Kier alpha value is -2.55. The van der Waals surface area contributed by atoms with Gasteiger partial charge in [-0.3, -0.25) is 0 Å². The second-order valence-corrected chi connectivity index (χ2v) is 6.54. The molecule has 0 unspecified atom stereocenters. The van der Waals surface area contributed by atoms with Crippen molar-refractivity contribution in [2.75, 3.05) is 0 Å². The molecule has 0 atom stereocenters. The zero-order valence-corrected chi connectivity index (χ0v) is 13.9. The molecule has 0 heterocycles. The molecular formula is C22H17F3. The van der Waals surface area contributed by atoms with Gasteiger partial charge in [-0.25, -0.2) is 13.2 Å². The molecule has 0 aliphatic heterocycles. The molecule has 0 N–H and O–H groups in total. The number of halogens is 3. The van der Waals surface area contributed by atoms with Crippen molar-refractivity contribution < 1.29 is 13.2 Å². The lowest BCUT2D eigenvalue weighted by atomic mass is 9.98. The van der Waals surface area contributed by atoms with Crippen LogP contribution in [-0.2, 0) is 12.8 Å². The molecule has 0 fully saturated rings. The smallest absolute Gasteiger partial charge is 0.159 e. The minimum Gasteiger partial charge on any atom is -0.206 e. The standard InChI is InChI=1S/C22H17F3/c1-2-3-13-4-6-17-15(8-13)9-16-10-19(21(24)12-18(16)17)14-5-7-20(23)22(25)11-14/h4-8,10-12H,2-3,9H2,1H3. The van der Waals surface area contributed by atoms with Crippen molar-refractivity contribution in [3.8, 4) is 22.3 Å². The van der Waals surface area contributed by atoms with E-state index in [1.54, 1.807) is 6.07 Å². The zero-order chi connectivity index (χ0) is 17.6. The molecule has 126 valence electrons. The van der Waals surface area contributed by atoms with Crippen molar-refractivity contribution in [2.24, 2.45) is 0 Å². The number of hydrogen-bond acceptors (Lipinski definition) is 0. The van der Waals surface area contributed by atoms with Gasteiger partial charge in [-0.1, -0.05) is 37.6 Å². The van der Waals surface area contributed by atoms with Gasteiger partial charge in [0.1, 0.15) is 5.82 Å². The topological polar surface area (TPSA) is 0 Å². The molecule has 0 aromatic heterocycles. The predicted octanol–water partition coefficient (Wildman–Crippen LogP) is 6.29. The normalized spacial score (nSPS) is 12.2. The number of fused-ring (bicyclic) bond motifs is 3. The number of aryl methyl sites for hydroxylation is 1. The average molecular weight is 338 g/mol. The molecule has 0 saturated carbocycles. The Morgan fingerprint density at radius 1 is 0.720 bits per heavy atom. The Balaban J connectivity index is 1.78. The van der Waals surface area contributed by atoms with Gasteiger partial charge in [-0.05, 0) is 70.5 Å². The summed E-state index contributed by atoms with van der Waals surface area (Å²) in [6.07, 6.45) is 2.85. The van der Waals surface area contributed by atoms with Crippen LogP contribution in [0.25, 0.3) is 22.3 Å². The number of hydrogen-bond donors (Lipinski definition) is 0. The van der Waals surface area contributed by atoms with Gasteiger partial charge in [-0.15, -0.1) is 0 Å². The monoisotopic (exact) mass is 338 g/mol. The van der Waals surface area contributed by atoms with Crippen molar-refractivity contribution in [1.29, 1.82) is 0 Å². The van der Waals surface area contributed by atoms with Gasteiger partial charge >= 0.3 is 0 Å². The highest BCUT2D eigenvalue weighted by Gasteiger charge is 2.22. The van der Waals surface area contributed by atoms with Crippen molar-refractivity contribution in [2.45, 2.75) is 26.2 Å². The molecular weight excluding hydrogens is 321 g/mol. The maximum absolute atomic E-state index is 14.6. The minimum absolute atomic E-state index is 0.305. The third-order valence-corrected chi connectivity index (χ3v) is 4.80. The Morgan fingerprint density at radius 2 is 1.52 bits per heavy atom. The molecule has 3 heteroatoms. The highest BCUT2D eigenvalue weighted by atomic mass is 19.2. The van der Waals surface area contributed by atoms with E-state index < -0.39 is 17.5 Å². The van der Waals surface area contributed by atoms with Gasteiger partial charge in [0, 0.05) is 5.56 Å². The van der Waals surface area contributed by atoms with E-state index in [4.69, 9.17) is 0 Å². The summed E-state index contributed by atoms with van der Waals surface area (Å²) in [6.45, 7) is 2.14. The predicted molar refractivity (Wildman–Crippen MR) is 94.0 cm³/mol. The molecule has 3 aromatic carbocycles. The molecule has 0 saturated heterocycles. The van der Waals surface area contributed by atoms with Gasteiger partial charge in [0.05, 0.1) is 0 Å². The second kappa shape index (κ2) is 6.07. The highest BCUT2D eigenvalue weighted by molar-refractivity contribution is 5.80. The van der Waals surface area contributed by atoms with E-state index in [1.165, 1.54) is 23.3 Å². The molecule has 0 radical (unpaired) electrons. The fourth-order valence-electron chi connectivity index (χ4n) is 3.61. The van der Waals surface area contributed by atoms with Gasteiger partial charge in [0.2, 0.25) is 0 Å². The van der Waals surface area contributed by atoms with Crippen molar-refractivity contribution in [1.82, 2.24) is 0 Å². The fourth-order valence-corrected chi connectivity index (χ4v) is 3.61. The van der Waals surface area contributed by atoms with Gasteiger partial charge in [0.25, 0.3) is 0 Å². The molecule has 0 spiro atoms. The first-order valence-electron chi connectivity index (χ1n) is 8.47. The Labute approximate surface area is 144 Å². The van der Waals surface area contributed by atoms with Crippen LogP contribution in [0.1, 0.15) is 30.0 Å². The SMILES string of the molecule is CCCc1ccc2c(c1)Cc1cc(-c3ccc(F)c(F)c3)c(F)cc1-2. The lowest BCUT2D eigenvalue weighted by Crippen LogP contribution is -1.91. The third-order valence-electron chi connectivity index (χ3n) is 4.80. The van der Waals surface area contributed by atoms with Crippen LogP contribution in [-0.4, -0.2) is 0 Å². The highest BCUT2D eigenvalue weighted by Crippen LogP contribution is 2.40. The summed E-state index contributed by atoms with van der Waals surface area (Å²) in [7, 11) is 0. The number of rotatable bonds is 3. The van der Waals surface area contributed by atoms with Crippen LogP contribution in [0.2, 0.25) is 0 Å². The molecule has 1 aliphatic rings. The van der Waals surface area contributed by atoms with Crippen LogP contribution in [0, 0.1) is 17.5 Å². The van der Waals surface area contributed by atoms with Crippen LogP contribution in [0.5, 0.6) is 0 Å². The number of benzene rings is 3. The first-order valence-corrected chi connectivity index (χ1v) is 8.47. The summed E-state index contributed by atoms with van der Waals surface area (Å²) in [4.78, 5) is 0. The molecule has 0 amide bonds. The molecule has 1 aliphatic carbocycles. The molecule has 0 bridgehead atoms. The third kappa shape index (κ3) is 2.74. The van der Waals surface area contributed by atoms with E-state index >= 15 is 0 Å². The van der Waals surface area contributed by atoms with Crippen molar-refractivity contribution in [3.63, 3.8) is 0 Å². The Bertz CT molecular complexity index is 973. The Kier molecular flexibility index (Phi) is 3.87. The maximum Gasteiger partial charge on any atom is 0.159 e. The summed E-state index contributed by atoms with van der Waals surface area (Å²) in [6, 6.07) is 13.1. The summed E-state index contributed by atoms with van der Waals surface area (Å²) >= 11 is 0. The van der Waals surface area contributed by atoms with Crippen LogP contribution in [0.15, 0.2) is 48.5 Å². The molecule has 25 heavy (non-hydrogen) atoms. The van der Waals surface area contributed by atoms with Crippen LogP contribution >= 0.6 is 0 Å². The largest absolute Gasteiger partial charge is 0.206 e. The first-order chi connectivity index (χ1) is 12.1. The summed E-state index contributed by atoms with van der Waals surface area (Å²) in [5, 5.41) is 0. The van der Waals surface area contributed by atoms with Crippen molar-refractivity contribution >= 4 is 0 Å². The van der Waals surface area contributed by atoms with E-state index in [9.17, 15) is 13.2 Å². The maximum atomic E-state index is 14.6. The molecule has 0 nitrogen and oxygen atoms in total. The van der Waals surface area contributed by atoms with Crippen LogP contribution in [0.3, 0.4) is 0 Å². The van der Waals surface area contributed by atoms with Gasteiger partial charge < -0.3 is 0 Å². The van der Waals surface area contributed by atoms with E-state index in [0.29, 0.717) is 11.1 Å². The first kappa shape index (κ1) is 15.9. The van der Waals surface area contributed by atoms with Crippen molar-refractivity contribution in [3.05, 3.63) is 82.7 Å². The van der Waals surface area contributed by atoms with Gasteiger partial charge in [0.15, 0.2) is 11.6 Å². The van der Waals surface area contributed by atoms with Gasteiger partial charge in [-0.2, -0.15) is 0 Å². The average Bonchev–Trinajstić information content (AvgIpc) is 2.94. The van der Waals surface area contributed by atoms with Crippen LogP contribution in [0.4, 0.5) is 13.2 Å². The molecule has 4 rings (SSSR count). The summed E-state index contributed by atoms with van der Waals surface area (Å²) in [5.74, 6) is -2.32. The molecule has 3 aromatic rings. The minimum atomic E-state index is -0.968. The van der Waals surface area contributed by atoms with Crippen LogP contribution < -0.4 is 0 Å². The zero-order valence-electron chi connectivity index (χ0n) is 13.9.